The fourth-order valence-corrected chi connectivity index (χ4v) is 1.97. The van der Waals surface area contributed by atoms with Crippen molar-refractivity contribution >= 4 is 12.1 Å². The van der Waals surface area contributed by atoms with E-state index in [-0.39, 0.29) is 11.9 Å². The minimum Gasteiger partial charge on any atom is -0.491 e. The van der Waals surface area contributed by atoms with Crippen LogP contribution in [0.3, 0.4) is 0 Å². The Kier molecular flexibility index (Phi) is 6.45. The van der Waals surface area contributed by atoms with Crippen molar-refractivity contribution in [3.63, 3.8) is 0 Å². The van der Waals surface area contributed by atoms with E-state index < -0.39 is 12.5 Å². The van der Waals surface area contributed by atoms with Gasteiger partial charge in [-0.05, 0) is 50.2 Å². The maximum Gasteiger partial charge on any atom is 0.387 e. The number of rotatable bonds is 7. The van der Waals surface area contributed by atoms with Crippen LogP contribution in [0.25, 0.3) is 0 Å². The van der Waals surface area contributed by atoms with Crippen molar-refractivity contribution in [3.05, 3.63) is 59.7 Å². The normalized spacial score (nSPS) is 11.1. The van der Waals surface area contributed by atoms with Gasteiger partial charge in [0.15, 0.2) is 0 Å². The molecule has 2 aromatic rings. The third kappa shape index (κ3) is 5.87. The van der Waals surface area contributed by atoms with E-state index in [4.69, 9.17) is 4.74 Å². The molecule has 0 atom stereocenters. The smallest absolute Gasteiger partial charge is 0.387 e. The van der Waals surface area contributed by atoms with Crippen LogP contribution in [0.1, 0.15) is 29.8 Å². The molecule has 1 N–H and O–H groups in total. The maximum absolute atomic E-state index is 12.3. The molecular formula is C18H18F2N2O3. The Morgan fingerprint density at radius 1 is 1.08 bits per heavy atom. The van der Waals surface area contributed by atoms with Crippen LogP contribution in [0.15, 0.2) is 53.6 Å². The molecule has 0 saturated heterocycles. The van der Waals surface area contributed by atoms with Crippen molar-refractivity contribution in [2.45, 2.75) is 26.6 Å². The van der Waals surface area contributed by atoms with Crippen LogP contribution in [-0.2, 0) is 0 Å². The summed E-state index contributed by atoms with van der Waals surface area (Å²) >= 11 is 0. The number of carbonyl (C=O) groups is 1. The van der Waals surface area contributed by atoms with Crippen LogP contribution in [0, 0.1) is 0 Å². The lowest BCUT2D eigenvalue weighted by molar-refractivity contribution is -0.0499. The van der Waals surface area contributed by atoms with Gasteiger partial charge in [0.2, 0.25) is 0 Å². The number of nitrogens with one attached hydrogen (secondary N) is 1. The Balaban J connectivity index is 1.99. The van der Waals surface area contributed by atoms with Crippen molar-refractivity contribution in [1.29, 1.82) is 0 Å². The molecule has 0 aliphatic heterocycles. The number of hydrazone groups is 1. The summed E-state index contributed by atoms with van der Waals surface area (Å²) in [6, 6.07) is 12.7. The molecule has 5 nitrogen and oxygen atoms in total. The minimum atomic E-state index is -2.93. The molecule has 0 bridgehead atoms. The van der Waals surface area contributed by atoms with E-state index in [0.717, 1.165) is 0 Å². The van der Waals surface area contributed by atoms with Crippen LogP contribution in [0.4, 0.5) is 8.78 Å². The lowest BCUT2D eigenvalue weighted by Crippen LogP contribution is -2.17. The number of carbonyl (C=O) groups excluding carboxylic acids is 1. The van der Waals surface area contributed by atoms with E-state index in [2.05, 4.69) is 15.3 Å². The fourth-order valence-electron chi connectivity index (χ4n) is 1.97. The molecule has 7 heteroatoms. The van der Waals surface area contributed by atoms with E-state index in [9.17, 15) is 13.6 Å². The van der Waals surface area contributed by atoms with E-state index >= 15 is 0 Å². The highest BCUT2D eigenvalue weighted by molar-refractivity contribution is 5.95. The SMILES string of the molecule is CC(C)Oc1ccc(C(=O)N/N=C\c2ccccc2OC(F)F)cc1. The van der Waals surface area contributed by atoms with Crippen molar-refractivity contribution in [2.24, 2.45) is 5.10 Å². The van der Waals surface area contributed by atoms with Crippen LogP contribution in [0.5, 0.6) is 11.5 Å². The van der Waals surface area contributed by atoms with E-state index in [1.807, 2.05) is 13.8 Å². The number of hydrogen-bond acceptors (Lipinski definition) is 4. The second kappa shape index (κ2) is 8.77. The van der Waals surface area contributed by atoms with E-state index in [1.165, 1.54) is 12.3 Å². The Labute approximate surface area is 144 Å². The zero-order chi connectivity index (χ0) is 18.2. The van der Waals surface area contributed by atoms with Crippen LogP contribution >= 0.6 is 0 Å². The first-order chi connectivity index (χ1) is 12.0. The molecule has 0 spiro atoms. The zero-order valence-electron chi connectivity index (χ0n) is 13.8. The van der Waals surface area contributed by atoms with Crippen molar-refractivity contribution < 1.29 is 23.0 Å². The number of para-hydroxylation sites is 1. The third-order valence-electron chi connectivity index (χ3n) is 2.99. The number of alkyl halides is 2. The second-order valence-electron chi connectivity index (χ2n) is 5.31. The van der Waals surface area contributed by atoms with Crippen LogP contribution < -0.4 is 14.9 Å². The molecule has 0 radical (unpaired) electrons. The van der Waals surface area contributed by atoms with Gasteiger partial charge in [0.05, 0.1) is 12.3 Å². The Bertz CT molecular complexity index is 731. The highest BCUT2D eigenvalue weighted by Gasteiger charge is 2.08. The standard InChI is InChI=1S/C18H18F2N2O3/c1-12(2)24-15-9-7-13(8-10-15)17(23)22-21-11-14-5-3-4-6-16(14)25-18(19)20/h3-12,18H,1-2H3,(H,22,23)/b21-11-. The molecule has 0 aliphatic carbocycles. The summed E-state index contributed by atoms with van der Waals surface area (Å²) in [5, 5.41) is 3.78. The Morgan fingerprint density at radius 2 is 1.76 bits per heavy atom. The number of nitrogens with zero attached hydrogens (tertiary/aromatic N) is 1. The minimum absolute atomic E-state index is 0.0225. The van der Waals surface area contributed by atoms with Gasteiger partial charge in [0.25, 0.3) is 5.91 Å². The summed E-state index contributed by atoms with van der Waals surface area (Å²) in [5.74, 6) is 0.207. The average Bonchev–Trinajstić information content (AvgIpc) is 2.56. The molecular weight excluding hydrogens is 330 g/mol. The molecule has 0 unspecified atom stereocenters. The van der Waals surface area contributed by atoms with Gasteiger partial charge in [-0.15, -0.1) is 0 Å². The highest BCUT2D eigenvalue weighted by Crippen LogP contribution is 2.18. The molecule has 0 fully saturated rings. The maximum atomic E-state index is 12.3. The Hall–Kier alpha value is -2.96. The van der Waals surface area contributed by atoms with Gasteiger partial charge in [0, 0.05) is 11.1 Å². The van der Waals surface area contributed by atoms with Gasteiger partial charge in [-0.3, -0.25) is 4.79 Å². The lowest BCUT2D eigenvalue weighted by atomic mass is 10.2. The quantitative estimate of drug-likeness (QED) is 0.611. The predicted octanol–water partition coefficient (Wildman–Crippen LogP) is 3.84. The number of ether oxygens (including phenoxy) is 2. The van der Waals surface area contributed by atoms with Gasteiger partial charge in [-0.1, -0.05) is 12.1 Å². The topological polar surface area (TPSA) is 59.9 Å². The summed E-state index contributed by atoms with van der Waals surface area (Å²) in [7, 11) is 0. The Morgan fingerprint density at radius 3 is 2.40 bits per heavy atom. The third-order valence-corrected chi connectivity index (χ3v) is 2.99. The largest absolute Gasteiger partial charge is 0.491 e. The monoisotopic (exact) mass is 348 g/mol. The van der Waals surface area contributed by atoms with Crippen molar-refractivity contribution in [2.75, 3.05) is 0 Å². The first-order valence-corrected chi connectivity index (χ1v) is 7.59. The molecule has 0 saturated carbocycles. The van der Waals surface area contributed by atoms with Crippen molar-refractivity contribution in [3.8, 4) is 11.5 Å². The molecule has 0 aromatic heterocycles. The first kappa shape index (κ1) is 18.4. The predicted molar refractivity (Wildman–Crippen MR) is 90.3 cm³/mol. The first-order valence-electron chi connectivity index (χ1n) is 7.59. The number of halogens is 2. The number of amides is 1. The number of hydrogen-bond donors (Lipinski definition) is 1. The van der Waals surface area contributed by atoms with Gasteiger partial charge in [0.1, 0.15) is 11.5 Å². The molecule has 2 aromatic carbocycles. The number of benzene rings is 2. The molecule has 0 heterocycles. The molecule has 0 aliphatic rings. The summed E-state index contributed by atoms with van der Waals surface area (Å²) in [6.07, 6.45) is 1.28. The second-order valence-corrected chi connectivity index (χ2v) is 5.31. The fraction of sp³-hybridized carbons (Fsp3) is 0.222. The van der Waals surface area contributed by atoms with Crippen molar-refractivity contribution in [1.82, 2.24) is 5.43 Å². The summed E-state index contributed by atoms with van der Waals surface area (Å²) < 4.78 is 34.6. The van der Waals surface area contributed by atoms with Crippen LogP contribution in [0.2, 0.25) is 0 Å². The molecule has 25 heavy (non-hydrogen) atoms. The summed E-state index contributed by atoms with van der Waals surface area (Å²) in [4.78, 5) is 12.0. The zero-order valence-corrected chi connectivity index (χ0v) is 13.8. The summed E-state index contributed by atoms with van der Waals surface area (Å²) in [6.45, 7) is 0.881. The highest BCUT2D eigenvalue weighted by atomic mass is 19.3. The lowest BCUT2D eigenvalue weighted by Gasteiger charge is -2.09. The average molecular weight is 348 g/mol. The molecule has 132 valence electrons. The van der Waals surface area contributed by atoms with Gasteiger partial charge in [-0.2, -0.15) is 13.9 Å². The van der Waals surface area contributed by atoms with Gasteiger partial charge < -0.3 is 9.47 Å². The van der Waals surface area contributed by atoms with Gasteiger partial charge in [-0.25, -0.2) is 5.43 Å². The van der Waals surface area contributed by atoms with E-state index in [0.29, 0.717) is 16.9 Å². The summed E-state index contributed by atoms with van der Waals surface area (Å²) in [5.41, 5.74) is 3.05. The molecule has 2 rings (SSSR count). The molecule has 1 amide bonds. The van der Waals surface area contributed by atoms with Crippen LogP contribution in [-0.4, -0.2) is 24.8 Å². The van der Waals surface area contributed by atoms with Gasteiger partial charge >= 0.3 is 6.61 Å². The van der Waals surface area contributed by atoms with E-state index in [1.54, 1.807) is 42.5 Å².